The van der Waals surface area contributed by atoms with E-state index in [1.807, 2.05) is 6.07 Å². The van der Waals surface area contributed by atoms with E-state index in [-0.39, 0.29) is 22.4 Å². The van der Waals surface area contributed by atoms with Crippen LogP contribution < -0.4 is 5.32 Å². The molecule has 28 heavy (non-hydrogen) atoms. The molecule has 150 valence electrons. The Morgan fingerprint density at radius 2 is 2.14 bits per heavy atom. The van der Waals surface area contributed by atoms with E-state index in [9.17, 15) is 13.7 Å². The molecule has 1 atom stereocenters. The van der Waals surface area contributed by atoms with Gasteiger partial charge in [-0.3, -0.25) is 0 Å². The van der Waals surface area contributed by atoms with Crippen molar-refractivity contribution in [2.75, 3.05) is 38.7 Å². The van der Waals surface area contributed by atoms with Crippen LogP contribution in [0.5, 0.6) is 0 Å². The highest BCUT2D eigenvalue weighted by atomic mass is 32.2. The first-order valence-electron chi connectivity index (χ1n) is 9.20. The molecule has 0 radical (unpaired) electrons. The highest BCUT2D eigenvalue weighted by Crippen LogP contribution is 2.28. The van der Waals surface area contributed by atoms with Crippen LogP contribution in [0, 0.1) is 17.2 Å². The summed E-state index contributed by atoms with van der Waals surface area (Å²) in [6.45, 7) is 4.11. The lowest BCUT2D eigenvalue weighted by molar-refractivity contribution is 0.210. The molecule has 1 N–H and O–H groups in total. The minimum Gasteiger partial charge on any atom is -0.419 e. The van der Waals surface area contributed by atoms with Crippen molar-refractivity contribution in [3.8, 4) is 17.5 Å². The average molecular weight is 404 g/mol. The van der Waals surface area contributed by atoms with Gasteiger partial charge in [0, 0.05) is 32.3 Å². The van der Waals surface area contributed by atoms with Crippen molar-refractivity contribution in [3.63, 3.8) is 0 Å². The minimum atomic E-state index is -3.51. The van der Waals surface area contributed by atoms with Gasteiger partial charge in [-0.2, -0.15) is 14.6 Å². The highest BCUT2D eigenvalue weighted by Gasteiger charge is 2.28. The van der Waals surface area contributed by atoms with E-state index in [0.717, 1.165) is 12.8 Å². The molecule has 1 fully saturated rings. The summed E-state index contributed by atoms with van der Waals surface area (Å²) in [7, 11) is -1.93. The fraction of sp³-hybridized carbons (Fsp3) is 0.474. The van der Waals surface area contributed by atoms with E-state index in [0.29, 0.717) is 37.7 Å². The zero-order valence-corrected chi connectivity index (χ0v) is 16.8. The largest absolute Gasteiger partial charge is 0.419 e. The Labute approximate surface area is 165 Å². The molecule has 2 aromatic rings. The summed E-state index contributed by atoms with van der Waals surface area (Å²) < 4.78 is 37.9. The van der Waals surface area contributed by atoms with Gasteiger partial charge >= 0.3 is 0 Å². The van der Waals surface area contributed by atoms with Crippen LogP contribution in [0.15, 0.2) is 33.6 Å². The number of piperidine rings is 1. The normalized spacial score (nSPS) is 18.0. The molecule has 0 unspecified atom stereocenters. The first-order chi connectivity index (χ1) is 13.5. The number of hydrogen-bond acceptors (Lipinski definition) is 7. The van der Waals surface area contributed by atoms with Gasteiger partial charge in [-0.15, -0.1) is 0 Å². The second-order valence-electron chi connectivity index (χ2n) is 6.86. The first kappa shape index (κ1) is 20.3. The van der Waals surface area contributed by atoms with Crippen LogP contribution in [0.2, 0.25) is 0 Å². The second kappa shape index (κ2) is 8.73. The van der Waals surface area contributed by atoms with Crippen LogP contribution in [-0.2, 0) is 14.8 Å². The van der Waals surface area contributed by atoms with Crippen LogP contribution in [-0.4, -0.2) is 51.1 Å². The number of benzene rings is 1. The average Bonchev–Trinajstić information content (AvgIpc) is 3.11. The molecule has 3 rings (SSSR count). The maximum Gasteiger partial charge on any atom is 0.243 e. The Balaban J connectivity index is 1.80. The van der Waals surface area contributed by atoms with Gasteiger partial charge in [-0.25, -0.2) is 8.42 Å². The molecule has 2 heterocycles. The molecular weight excluding hydrogens is 380 g/mol. The van der Waals surface area contributed by atoms with Crippen LogP contribution >= 0.6 is 0 Å². The highest BCUT2D eigenvalue weighted by molar-refractivity contribution is 7.89. The van der Waals surface area contributed by atoms with Gasteiger partial charge < -0.3 is 14.5 Å². The second-order valence-corrected chi connectivity index (χ2v) is 8.80. The van der Waals surface area contributed by atoms with Gasteiger partial charge in [0.05, 0.1) is 11.5 Å². The van der Waals surface area contributed by atoms with Crippen LogP contribution in [0.25, 0.3) is 11.5 Å². The fourth-order valence-corrected chi connectivity index (χ4v) is 4.79. The molecule has 0 bridgehead atoms. The number of anilines is 1. The summed E-state index contributed by atoms with van der Waals surface area (Å²) in [6, 6.07) is 8.38. The predicted molar refractivity (Wildman–Crippen MR) is 104 cm³/mol. The van der Waals surface area contributed by atoms with Gasteiger partial charge in [-0.1, -0.05) is 6.92 Å². The van der Waals surface area contributed by atoms with Crippen molar-refractivity contribution in [1.82, 2.24) is 9.29 Å². The molecule has 8 nitrogen and oxygen atoms in total. The maximum absolute atomic E-state index is 12.9. The Bertz CT molecular complexity index is 947. The lowest BCUT2D eigenvalue weighted by atomic mass is 10.0. The molecule has 1 aromatic carbocycles. The number of methoxy groups -OCH3 is 1. The molecule has 0 amide bonds. The van der Waals surface area contributed by atoms with Crippen molar-refractivity contribution in [1.29, 1.82) is 5.26 Å². The number of ether oxygens (including phenoxy) is 1. The van der Waals surface area contributed by atoms with Crippen LogP contribution in [0.1, 0.15) is 25.5 Å². The number of rotatable bonds is 7. The molecule has 1 aliphatic rings. The molecule has 1 aliphatic heterocycles. The van der Waals surface area contributed by atoms with Crippen molar-refractivity contribution in [3.05, 3.63) is 30.0 Å². The van der Waals surface area contributed by atoms with E-state index < -0.39 is 10.0 Å². The van der Waals surface area contributed by atoms with E-state index in [1.165, 1.54) is 0 Å². The summed E-state index contributed by atoms with van der Waals surface area (Å²) >= 11 is 0. The summed E-state index contributed by atoms with van der Waals surface area (Å²) in [6.07, 6.45) is 1.93. The monoisotopic (exact) mass is 404 g/mol. The van der Waals surface area contributed by atoms with Gasteiger partial charge in [0.2, 0.25) is 27.5 Å². The van der Waals surface area contributed by atoms with E-state index in [1.54, 1.807) is 35.7 Å². The smallest absolute Gasteiger partial charge is 0.243 e. The first-order valence-corrected chi connectivity index (χ1v) is 10.6. The summed E-state index contributed by atoms with van der Waals surface area (Å²) in [5.74, 6) is 0.893. The van der Waals surface area contributed by atoms with E-state index in [2.05, 4.69) is 17.2 Å². The minimum absolute atomic E-state index is 0.144. The number of oxazole rings is 1. The lowest BCUT2D eigenvalue weighted by Crippen LogP contribution is -2.39. The Hall–Kier alpha value is -2.41. The zero-order chi connectivity index (χ0) is 20.1. The Morgan fingerprint density at radius 1 is 1.39 bits per heavy atom. The molecule has 0 spiro atoms. The van der Waals surface area contributed by atoms with Gasteiger partial charge in [0.15, 0.2) is 0 Å². The lowest BCUT2D eigenvalue weighted by Gasteiger charge is -2.30. The predicted octanol–water partition coefficient (Wildman–Crippen LogP) is 2.69. The SMILES string of the molecule is COCCNc1oc(-c2ccc(S(=O)(=O)N3CCC[C@@H](C)C3)cc2)nc1C#N. The van der Waals surface area contributed by atoms with Crippen molar-refractivity contribution in [2.24, 2.45) is 5.92 Å². The molecule has 1 aromatic heterocycles. The molecule has 0 aliphatic carbocycles. The topological polar surface area (TPSA) is 108 Å². The quantitative estimate of drug-likeness (QED) is 0.707. The molecular formula is C19H24N4O4S. The standard InChI is InChI=1S/C19H24N4O4S/c1-14-4-3-10-23(13-14)28(24,25)16-7-5-15(6-8-16)18-22-17(12-20)19(27-18)21-9-11-26-2/h5-8,14,21H,3-4,9-11,13H2,1-2H3/t14-/m1/s1. The number of nitrogens with one attached hydrogen (secondary N) is 1. The Morgan fingerprint density at radius 3 is 2.79 bits per heavy atom. The number of hydrogen-bond donors (Lipinski definition) is 1. The Kier molecular flexibility index (Phi) is 6.34. The number of aromatic nitrogens is 1. The van der Waals surface area contributed by atoms with Crippen LogP contribution in [0.4, 0.5) is 5.88 Å². The molecule has 9 heteroatoms. The van der Waals surface area contributed by atoms with Gasteiger partial charge in [0.25, 0.3) is 0 Å². The number of nitrogens with zero attached hydrogens (tertiary/aromatic N) is 3. The molecule has 1 saturated heterocycles. The third kappa shape index (κ3) is 4.35. The summed E-state index contributed by atoms with van der Waals surface area (Å²) in [4.78, 5) is 4.42. The third-order valence-electron chi connectivity index (χ3n) is 4.68. The fourth-order valence-electron chi connectivity index (χ4n) is 3.19. The van der Waals surface area contributed by atoms with Crippen molar-refractivity contribution < 1.29 is 17.6 Å². The van der Waals surface area contributed by atoms with Crippen molar-refractivity contribution in [2.45, 2.75) is 24.7 Å². The van der Waals surface area contributed by atoms with Gasteiger partial charge in [0.1, 0.15) is 6.07 Å². The maximum atomic E-state index is 12.9. The number of nitriles is 1. The third-order valence-corrected chi connectivity index (χ3v) is 6.56. The van der Waals surface area contributed by atoms with E-state index >= 15 is 0 Å². The molecule has 0 saturated carbocycles. The zero-order valence-electron chi connectivity index (χ0n) is 16.0. The van der Waals surface area contributed by atoms with Crippen LogP contribution in [0.3, 0.4) is 0 Å². The number of sulfonamides is 1. The van der Waals surface area contributed by atoms with Gasteiger partial charge in [-0.05, 0) is 43.0 Å². The summed E-state index contributed by atoms with van der Waals surface area (Å²) in [5.41, 5.74) is 0.743. The van der Waals surface area contributed by atoms with Crippen molar-refractivity contribution >= 4 is 15.9 Å². The summed E-state index contributed by atoms with van der Waals surface area (Å²) in [5, 5.41) is 12.2. The van der Waals surface area contributed by atoms with E-state index in [4.69, 9.17) is 9.15 Å².